The van der Waals surface area contributed by atoms with E-state index in [2.05, 4.69) is 10.1 Å². The highest BCUT2D eigenvalue weighted by molar-refractivity contribution is 6.30. The molecule has 0 unspecified atom stereocenters. The van der Waals surface area contributed by atoms with Gasteiger partial charge in [0.1, 0.15) is 13.1 Å². The minimum atomic E-state index is -0.472. The van der Waals surface area contributed by atoms with E-state index in [4.69, 9.17) is 16.1 Å². The van der Waals surface area contributed by atoms with Gasteiger partial charge in [-0.05, 0) is 50.2 Å². The zero-order valence-corrected chi connectivity index (χ0v) is 17.7. The fraction of sp³-hybridized carbons (Fsp3) is 0.227. The average Bonchev–Trinajstić information content (AvgIpc) is 3.32. The fourth-order valence-electron chi connectivity index (χ4n) is 3.35. The van der Waals surface area contributed by atoms with Crippen LogP contribution in [0.3, 0.4) is 0 Å². The van der Waals surface area contributed by atoms with Gasteiger partial charge >= 0.3 is 0 Å². The summed E-state index contributed by atoms with van der Waals surface area (Å²) in [6.45, 7) is 3.36. The first-order valence-corrected chi connectivity index (χ1v) is 10.1. The van der Waals surface area contributed by atoms with E-state index < -0.39 is 17.7 Å². The van der Waals surface area contributed by atoms with E-state index in [1.807, 2.05) is 13.8 Å². The molecular weight excluding hydrogens is 420 g/mol. The Hall–Kier alpha value is -3.52. The molecule has 0 aliphatic carbocycles. The highest BCUT2D eigenvalue weighted by Gasteiger charge is 2.37. The predicted molar refractivity (Wildman–Crippen MR) is 112 cm³/mol. The molecule has 2 heterocycles. The van der Waals surface area contributed by atoms with Crippen molar-refractivity contribution in [2.45, 2.75) is 26.4 Å². The molecule has 2 aromatic carbocycles. The number of carbonyl (C=O) groups is 3. The summed E-state index contributed by atoms with van der Waals surface area (Å²) in [4.78, 5) is 44.9. The van der Waals surface area contributed by atoms with Crippen LogP contribution in [0.2, 0.25) is 5.02 Å². The van der Waals surface area contributed by atoms with Crippen LogP contribution in [0.1, 0.15) is 40.5 Å². The Balaban J connectivity index is 1.48. The molecule has 0 bridgehead atoms. The second kappa shape index (κ2) is 8.31. The number of halogens is 1. The third kappa shape index (κ3) is 4.06. The van der Waals surface area contributed by atoms with Crippen molar-refractivity contribution >= 4 is 29.3 Å². The second-order valence-electron chi connectivity index (χ2n) is 7.38. The summed E-state index contributed by atoms with van der Waals surface area (Å²) in [5, 5.41) is 4.55. The number of fused-ring (bicyclic) bond motifs is 1. The van der Waals surface area contributed by atoms with Crippen LogP contribution < -0.4 is 0 Å². The van der Waals surface area contributed by atoms with E-state index in [1.54, 1.807) is 48.5 Å². The lowest BCUT2D eigenvalue weighted by molar-refractivity contribution is -0.134. The molecule has 0 saturated heterocycles. The first kappa shape index (κ1) is 20.7. The molecule has 0 fully saturated rings. The summed E-state index contributed by atoms with van der Waals surface area (Å²) in [7, 11) is 0. The maximum absolute atomic E-state index is 13.0. The molecule has 3 amide bonds. The fourth-order valence-corrected chi connectivity index (χ4v) is 3.47. The van der Waals surface area contributed by atoms with Gasteiger partial charge in [0.2, 0.25) is 17.6 Å². The summed E-state index contributed by atoms with van der Waals surface area (Å²) in [6.07, 6.45) is 0. The third-order valence-corrected chi connectivity index (χ3v) is 5.24. The summed E-state index contributed by atoms with van der Waals surface area (Å²) in [5.41, 5.74) is 1.34. The zero-order valence-electron chi connectivity index (χ0n) is 16.9. The quantitative estimate of drug-likeness (QED) is 0.547. The van der Waals surface area contributed by atoms with Gasteiger partial charge in [-0.3, -0.25) is 19.3 Å². The van der Waals surface area contributed by atoms with Crippen molar-refractivity contribution < 1.29 is 18.9 Å². The van der Waals surface area contributed by atoms with Gasteiger partial charge in [-0.15, -0.1) is 0 Å². The SMILES string of the molecule is CC(C)N(Cc1nc(-c2ccc(Cl)cc2)no1)C(=O)CN1C(=O)c2ccccc2C1=O. The molecule has 3 aromatic rings. The topological polar surface area (TPSA) is 96.6 Å². The minimum absolute atomic E-state index is 0.0558. The number of rotatable bonds is 6. The maximum Gasteiger partial charge on any atom is 0.262 e. The molecule has 4 rings (SSSR count). The van der Waals surface area contributed by atoms with E-state index in [-0.39, 0.29) is 25.0 Å². The van der Waals surface area contributed by atoms with Crippen LogP contribution in [0.5, 0.6) is 0 Å². The van der Waals surface area contributed by atoms with E-state index >= 15 is 0 Å². The van der Waals surface area contributed by atoms with Crippen molar-refractivity contribution in [2.75, 3.05) is 6.54 Å². The summed E-state index contributed by atoms with van der Waals surface area (Å²) < 4.78 is 5.31. The Kier molecular flexibility index (Phi) is 5.56. The molecule has 0 atom stereocenters. The predicted octanol–water partition coefficient (Wildman–Crippen LogP) is 3.42. The van der Waals surface area contributed by atoms with Gasteiger partial charge in [0.25, 0.3) is 11.8 Å². The average molecular weight is 439 g/mol. The van der Waals surface area contributed by atoms with Crippen molar-refractivity contribution in [3.05, 3.63) is 70.6 Å². The first-order chi connectivity index (χ1) is 14.8. The third-order valence-electron chi connectivity index (χ3n) is 4.99. The Morgan fingerprint density at radius 3 is 2.26 bits per heavy atom. The van der Waals surface area contributed by atoms with E-state index in [1.165, 1.54) is 4.90 Å². The first-order valence-electron chi connectivity index (χ1n) is 9.68. The smallest absolute Gasteiger partial charge is 0.262 e. The highest BCUT2D eigenvalue weighted by Crippen LogP contribution is 2.23. The number of hydrogen-bond acceptors (Lipinski definition) is 6. The van der Waals surface area contributed by atoms with Crippen LogP contribution >= 0.6 is 11.6 Å². The molecule has 8 nitrogen and oxygen atoms in total. The largest absolute Gasteiger partial charge is 0.337 e. The Morgan fingerprint density at radius 1 is 1.06 bits per heavy atom. The molecule has 31 heavy (non-hydrogen) atoms. The lowest BCUT2D eigenvalue weighted by Crippen LogP contribution is -2.45. The monoisotopic (exact) mass is 438 g/mol. The second-order valence-corrected chi connectivity index (χ2v) is 7.81. The zero-order chi connectivity index (χ0) is 22.1. The standard InChI is InChI=1S/C22H19ClN4O4/c1-13(2)26(11-18-24-20(25-31-18)14-7-9-15(23)10-8-14)19(28)12-27-21(29)16-5-3-4-6-17(16)22(27)30/h3-10,13H,11-12H2,1-2H3. The molecule has 158 valence electrons. The van der Waals surface area contributed by atoms with Crippen molar-refractivity contribution in [3.63, 3.8) is 0 Å². The molecule has 1 aliphatic heterocycles. The van der Waals surface area contributed by atoms with E-state index in [9.17, 15) is 14.4 Å². The molecular formula is C22H19ClN4O4. The number of nitrogens with zero attached hydrogens (tertiary/aromatic N) is 4. The van der Waals surface area contributed by atoms with Crippen molar-refractivity contribution in [1.29, 1.82) is 0 Å². The molecule has 9 heteroatoms. The van der Waals surface area contributed by atoms with Crippen LogP contribution in [-0.4, -0.2) is 50.2 Å². The van der Waals surface area contributed by atoms with Gasteiger partial charge in [-0.1, -0.05) is 28.9 Å². The van der Waals surface area contributed by atoms with Gasteiger partial charge in [-0.25, -0.2) is 0 Å². The Labute approximate surface area is 183 Å². The molecule has 0 radical (unpaired) electrons. The van der Waals surface area contributed by atoms with Crippen LogP contribution in [-0.2, 0) is 11.3 Å². The van der Waals surface area contributed by atoms with Gasteiger partial charge in [-0.2, -0.15) is 4.98 Å². The number of benzene rings is 2. The normalized spacial score (nSPS) is 13.1. The van der Waals surface area contributed by atoms with Crippen LogP contribution in [0.4, 0.5) is 0 Å². The molecule has 0 saturated carbocycles. The van der Waals surface area contributed by atoms with Crippen molar-refractivity contribution in [2.24, 2.45) is 0 Å². The Morgan fingerprint density at radius 2 is 1.68 bits per heavy atom. The highest BCUT2D eigenvalue weighted by atomic mass is 35.5. The van der Waals surface area contributed by atoms with Crippen LogP contribution in [0.25, 0.3) is 11.4 Å². The van der Waals surface area contributed by atoms with Crippen LogP contribution in [0.15, 0.2) is 53.1 Å². The van der Waals surface area contributed by atoms with Gasteiger partial charge in [0, 0.05) is 16.6 Å². The summed E-state index contributed by atoms with van der Waals surface area (Å²) in [6, 6.07) is 13.3. The maximum atomic E-state index is 13.0. The van der Waals surface area contributed by atoms with Gasteiger partial charge in [0.05, 0.1) is 11.1 Å². The number of amides is 3. The van der Waals surface area contributed by atoms with E-state index in [0.717, 1.165) is 10.5 Å². The van der Waals surface area contributed by atoms with Crippen molar-refractivity contribution in [1.82, 2.24) is 19.9 Å². The lowest BCUT2D eigenvalue weighted by atomic mass is 10.1. The minimum Gasteiger partial charge on any atom is -0.337 e. The van der Waals surface area contributed by atoms with E-state index in [0.29, 0.717) is 22.0 Å². The number of aromatic nitrogens is 2. The van der Waals surface area contributed by atoms with Gasteiger partial charge in [0.15, 0.2) is 0 Å². The lowest BCUT2D eigenvalue weighted by Gasteiger charge is -2.27. The molecule has 1 aliphatic rings. The van der Waals surface area contributed by atoms with Crippen LogP contribution in [0, 0.1) is 0 Å². The molecule has 0 N–H and O–H groups in total. The molecule has 1 aromatic heterocycles. The molecule has 0 spiro atoms. The van der Waals surface area contributed by atoms with Crippen molar-refractivity contribution in [3.8, 4) is 11.4 Å². The number of carbonyl (C=O) groups excluding carboxylic acids is 3. The summed E-state index contributed by atoms with van der Waals surface area (Å²) >= 11 is 5.90. The van der Waals surface area contributed by atoms with Gasteiger partial charge < -0.3 is 9.42 Å². The number of hydrogen-bond donors (Lipinski definition) is 0. The Bertz CT molecular complexity index is 1120. The summed E-state index contributed by atoms with van der Waals surface area (Å²) in [5.74, 6) is -0.714. The number of imide groups is 1.